The topological polar surface area (TPSA) is 92.0 Å². The van der Waals surface area contributed by atoms with E-state index in [-0.39, 0.29) is 24.2 Å². The van der Waals surface area contributed by atoms with Crippen LogP contribution in [0.25, 0.3) is 11.0 Å². The molecule has 13 heteroatoms. The number of piperidine rings is 2. The molecule has 2 aromatic heterocycles. The third kappa shape index (κ3) is 6.53. The normalized spacial score (nSPS) is 19.1. The Bertz CT molecular complexity index is 1760. The van der Waals surface area contributed by atoms with Crippen LogP contribution in [0.2, 0.25) is 0 Å². The van der Waals surface area contributed by atoms with E-state index in [4.69, 9.17) is 9.26 Å². The maximum absolute atomic E-state index is 13.5. The summed E-state index contributed by atoms with van der Waals surface area (Å²) in [4.78, 5) is 36.1. The van der Waals surface area contributed by atoms with Crippen molar-refractivity contribution in [3.63, 3.8) is 0 Å². The Labute approximate surface area is 268 Å². The SMILES string of the molecule is O=C1OC2(CCN(Cc3ccc(C(F)(F)F)cc3)CC2)CN1Cc1ccc(C(=O)N2CCC(c3noc4cc(F)ccc34)CC2)cn1. The number of likely N-dealkylation sites (tertiary alicyclic amines) is 2. The zero-order chi connectivity index (χ0) is 32.8. The third-order valence-electron chi connectivity index (χ3n) is 9.55. The molecule has 0 aliphatic carbocycles. The molecule has 0 bridgehead atoms. The Morgan fingerprint density at radius 3 is 2.38 bits per heavy atom. The molecule has 0 atom stereocenters. The van der Waals surface area contributed by atoms with Gasteiger partial charge in [-0.25, -0.2) is 9.18 Å². The number of nitrogens with zero attached hydrogens (tertiary/aromatic N) is 5. The summed E-state index contributed by atoms with van der Waals surface area (Å²) in [7, 11) is 0. The first-order chi connectivity index (χ1) is 22.5. The highest BCUT2D eigenvalue weighted by Gasteiger charge is 2.47. The molecule has 5 heterocycles. The number of alkyl halides is 3. The van der Waals surface area contributed by atoms with Crippen LogP contribution in [0.15, 0.2) is 65.3 Å². The predicted molar refractivity (Wildman–Crippen MR) is 162 cm³/mol. The van der Waals surface area contributed by atoms with Crippen LogP contribution in [0.4, 0.5) is 22.4 Å². The van der Waals surface area contributed by atoms with Crippen molar-refractivity contribution in [2.24, 2.45) is 0 Å². The molecule has 1 spiro atoms. The molecule has 9 nitrogen and oxygen atoms in total. The molecular formula is C34H33F4N5O4. The summed E-state index contributed by atoms with van der Waals surface area (Å²) in [6.45, 7) is 3.61. The maximum Gasteiger partial charge on any atom is 0.416 e. The molecule has 3 fully saturated rings. The molecule has 3 aliphatic rings. The van der Waals surface area contributed by atoms with Gasteiger partial charge in [0, 0.05) is 69.1 Å². The summed E-state index contributed by atoms with van der Waals surface area (Å²) in [6.07, 6.45) is -0.554. The van der Waals surface area contributed by atoms with Gasteiger partial charge in [-0.15, -0.1) is 0 Å². The van der Waals surface area contributed by atoms with E-state index in [2.05, 4.69) is 15.0 Å². The maximum atomic E-state index is 13.5. The van der Waals surface area contributed by atoms with Crippen molar-refractivity contribution in [1.29, 1.82) is 0 Å². The fourth-order valence-electron chi connectivity index (χ4n) is 6.85. The van der Waals surface area contributed by atoms with Gasteiger partial charge in [-0.05, 0) is 54.8 Å². The summed E-state index contributed by atoms with van der Waals surface area (Å²) >= 11 is 0. The average molecular weight is 652 g/mol. The lowest BCUT2D eigenvalue weighted by Crippen LogP contribution is -2.46. The third-order valence-corrected chi connectivity index (χ3v) is 9.55. The van der Waals surface area contributed by atoms with Crippen molar-refractivity contribution in [2.45, 2.75) is 56.5 Å². The van der Waals surface area contributed by atoms with Crippen molar-refractivity contribution in [3.8, 4) is 0 Å². The molecule has 3 saturated heterocycles. The number of pyridine rings is 1. The van der Waals surface area contributed by atoms with Crippen molar-refractivity contribution in [3.05, 3.63) is 94.7 Å². The molecule has 0 saturated carbocycles. The van der Waals surface area contributed by atoms with Crippen LogP contribution < -0.4 is 0 Å². The zero-order valence-corrected chi connectivity index (χ0v) is 25.5. The molecule has 4 aromatic rings. The van der Waals surface area contributed by atoms with E-state index in [9.17, 15) is 27.2 Å². The van der Waals surface area contributed by atoms with Crippen LogP contribution >= 0.6 is 0 Å². The lowest BCUT2D eigenvalue weighted by Gasteiger charge is -2.37. The first-order valence-electron chi connectivity index (χ1n) is 15.7. The summed E-state index contributed by atoms with van der Waals surface area (Å²) in [6, 6.07) is 13.1. The molecular weight excluding hydrogens is 618 g/mol. The van der Waals surface area contributed by atoms with Gasteiger partial charge in [0.25, 0.3) is 5.91 Å². The molecule has 0 radical (unpaired) electrons. The van der Waals surface area contributed by atoms with E-state index in [1.165, 1.54) is 24.3 Å². The second-order valence-electron chi connectivity index (χ2n) is 12.7. The lowest BCUT2D eigenvalue weighted by molar-refractivity contribution is -0.137. The Morgan fingerprint density at radius 2 is 1.70 bits per heavy atom. The second kappa shape index (κ2) is 12.3. The first kappa shape index (κ1) is 31.1. The van der Waals surface area contributed by atoms with Crippen LogP contribution in [0, 0.1) is 5.82 Å². The summed E-state index contributed by atoms with van der Waals surface area (Å²) in [5.41, 5.74) is 1.85. The predicted octanol–water partition coefficient (Wildman–Crippen LogP) is 6.39. The van der Waals surface area contributed by atoms with E-state index in [0.717, 1.165) is 28.8 Å². The highest BCUT2D eigenvalue weighted by molar-refractivity contribution is 5.94. The first-order valence-corrected chi connectivity index (χ1v) is 15.7. The van der Waals surface area contributed by atoms with Crippen LogP contribution in [0.5, 0.6) is 0 Å². The number of aromatic nitrogens is 2. The fraction of sp³-hybridized carbons (Fsp3) is 0.412. The summed E-state index contributed by atoms with van der Waals surface area (Å²) < 4.78 is 63.3. The number of fused-ring (bicyclic) bond motifs is 1. The second-order valence-corrected chi connectivity index (χ2v) is 12.7. The Hall–Kier alpha value is -4.52. The van der Waals surface area contributed by atoms with E-state index >= 15 is 0 Å². The minimum absolute atomic E-state index is 0.112. The van der Waals surface area contributed by atoms with E-state index in [0.29, 0.717) is 81.8 Å². The zero-order valence-electron chi connectivity index (χ0n) is 25.5. The number of carbonyl (C=O) groups is 2. The molecule has 47 heavy (non-hydrogen) atoms. The fourth-order valence-corrected chi connectivity index (χ4v) is 6.85. The van der Waals surface area contributed by atoms with Crippen LogP contribution in [-0.2, 0) is 24.0 Å². The number of benzene rings is 2. The number of carbonyl (C=O) groups excluding carboxylic acids is 2. The molecule has 0 unspecified atom stereocenters. The van der Waals surface area contributed by atoms with E-state index in [1.54, 1.807) is 34.2 Å². The molecule has 3 aliphatic heterocycles. The van der Waals surface area contributed by atoms with Crippen LogP contribution in [-0.4, -0.2) is 75.2 Å². The van der Waals surface area contributed by atoms with E-state index < -0.39 is 23.4 Å². The largest absolute Gasteiger partial charge is 0.441 e. The highest BCUT2D eigenvalue weighted by atomic mass is 19.4. The Morgan fingerprint density at radius 1 is 0.957 bits per heavy atom. The van der Waals surface area contributed by atoms with Crippen LogP contribution in [0.3, 0.4) is 0 Å². The summed E-state index contributed by atoms with van der Waals surface area (Å²) in [5, 5.41) is 4.97. The number of halogens is 4. The monoisotopic (exact) mass is 651 g/mol. The number of hydrogen-bond donors (Lipinski definition) is 0. The van der Waals surface area contributed by atoms with Gasteiger partial charge in [0.15, 0.2) is 5.58 Å². The average Bonchev–Trinajstić information content (AvgIpc) is 3.62. The lowest BCUT2D eigenvalue weighted by atomic mass is 9.91. The smallest absolute Gasteiger partial charge is 0.416 e. The Balaban J connectivity index is 0.892. The quantitative estimate of drug-likeness (QED) is 0.223. The molecule has 246 valence electrons. The van der Waals surface area contributed by atoms with Crippen molar-refractivity contribution in [1.82, 2.24) is 24.8 Å². The molecule has 0 N–H and O–H groups in total. The molecule has 2 aromatic carbocycles. The van der Waals surface area contributed by atoms with Gasteiger partial charge >= 0.3 is 12.3 Å². The minimum Gasteiger partial charge on any atom is -0.441 e. The van der Waals surface area contributed by atoms with Gasteiger partial charge in [0.2, 0.25) is 0 Å². The van der Waals surface area contributed by atoms with Crippen molar-refractivity contribution in [2.75, 3.05) is 32.7 Å². The standard InChI is InChI=1S/C34H33F4N5O4/c35-26-6-8-28-29(17-26)47-40-30(28)23-9-13-42(14-10-23)31(44)24-3-7-27(39-18-24)20-43-21-33(46-32(43)45)11-15-41(16-12-33)19-22-1-4-25(5-2-22)34(36,37)38/h1-8,17-18,23H,9-16,19-21H2. The van der Waals surface area contributed by atoms with Gasteiger partial charge in [-0.1, -0.05) is 17.3 Å². The van der Waals surface area contributed by atoms with Crippen molar-refractivity contribution < 1.29 is 36.4 Å². The van der Waals surface area contributed by atoms with Gasteiger partial charge in [0.05, 0.1) is 35.6 Å². The summed E-state index contributed by atoms with van der Waals surface area (Å²) in [5.74, 6) is -0.377. The van der Waals surface area contributed by atoms with Gasteiger partial charge in [-0.2, -0.15) is 13.2 Å². The number of rotatable bonds is 6. The van der Waals surface area contributed by atoms with Gasteiger partial charge in [0.1, 0.15) is 11.4 Å². The number of hydrogen-bond acceptors (Lipinski definition) is 7. The highest BCUT2D eigenvalue weighted by Crippen LogP contribution is 2.36. The molecule has 2 amide bonds. The number of ether oxygens (including phenoxy) is 1. The molecule has 7 rings (SSSR count). The minimum atomic E-state index is -4.36. The number of amides is 2. The van der Waals surface area contributed by atoms with Gasteiger partial charge < -0.3 is 14.2 Å². The van der Waals surface area contributed by atoms with Crippen LogP contribution in [0.1, 0.15) is 64.5 Å². The van der Waals surface area contributed by atoms with E-state index in [1.807, 2.05) is 0 Å². The Kier molecular flexibility index (Phi) is 8.11. The van der Waals surface area contributed by atoms with Gasteiger partial charge in [-0.3, -0.25) is 19.6 Å². The van der Waals surface area contributed by atoms with Crippen molar-refractivity contribution >= 4 is 23.0 Å².